The van der Waals surface area contributed by atoms with Gasteiger partial charge in [0.2, 0.25) is 5.95 Å². The third-order valence-corrected chi connectivity index (χ3v) is 8.06. The van der Waals surface area contributed by atoms with Crippen LogP contribution in [0.25, 0.3) is 15.8 Å². The van der Waals surface area contributed by atoms with E-state index in [4.69, 9.17) is 14.5 Å². The molecular formula is C29H37N5O3S. The summed E-state index contributed by atoms with van der Waals surface area (Å²) in [7, 11) is 0. The Labute approximate surface area is 228 Å². The van der Waals surface area contributed by atoms with Crippen molar-refractivity contribution >= 4 is 39.2 Å². The molecule has 5 rings (SSSR count). The number of benzene rings is 1. The molecule has 0 bridgehead atoms. The Balaban J connectivity index is 1.15. The first kappa shape index (κ1) is 26.4. The van der Waals surface area contributed by atoms with E-state index in [1.165, 1.54) is 16.7 Å². The van der Waals surface area contributed by atoms with Gasteiger partial charge in [-0.2, -0.15) is 0 Å². The van der Waals surface area contributed by atoms with E-state index >= 15 is 0 Å². The van der Waals surface area contributed by atoms with Crippen molar-refractivity contribution in [3.63, 3.8) is 0 Å². The van der Waals surface area contributed by atoms with Crippen LogP contribution in [-0.4, -0.2) is 64.8 Å². The summed E-state index contributed by atoms with van der Waals surface area (Å²) in [4.78, 5) is 30.1. The van der Waals surface area contributed by atoms with Gasteiger partial charge in [0.1, 0.15) is 6.10 Å². The second-order valence-electron chi connectivity index (χ2n) is 10.0. The molecule has 0 unspecified atom stereocenters. The molecule has 2 aromatic heterocycles. The zero-order valence-electron chi connectivity index (χ0n) is 22.4. The van der Waals surface area contributed by atoms with E-state index in [2.05, 4.69) is 53.0 Å². The first-order valence-electron chi connectivity index (χ1n) is 13.9. The Morgan fingerprint density at radius 2 is 1.92 bits per heavy atom. The molecule has 38 heavy (non-hydrogen) atoms. The molecule has 0 radical (unpaired) electrons. The number of aryl methyl sites for hydroxylation is 1. The molecular weight excluding hydrogens is 498 g/mol. The Kier molecular flexibility index (Phi) is 8.73. The Hall–Kier alpha value is -3.20. The lowest BCUT2D eigenvalue weighted by molar-refractivity contribution is 0.105. The van der Waals surface area contributed by atoms with Gasteiger partial charge in [-0.25, -0.2) is 19.7 Å². The maximum Gasteiger partial charge on any atom is 0.410 e. The Morgan fingerprint density at radius 1 is 1.11 bits per heavy atom. The summed E-state index contributed by atoms with van der Waals surface area (Å²) >= 11 is 1.61. The van der Waals surface area contributed by atoms with E-state index in [-0.39, 0.29) is 12.2 Å². The average Bonchev–Trinajstić information content (AvgIpc) is 3.36. The smallest absolute Gasteiger partial charge is 0.410 e. The van der Waals surface area contributed by atoms with Gasteiger partial charge < -0.3 is 19.3 Å². The third kappa shape index (κ3) is 6.43. The number of nitrogens with zero attached hydrogens (tertiary/aromatic N) is 5. The van der Waals surface area contributed by atoms with Crippen molar-refractivity contribution in [3.05, 3.63) is 47.8 Å². The minimum absolute atomic E-state index is 0.148. The predicted molar refractivity (Wildman–Crippen MR) is 152 cm³/mol. The summed E-state index contributed by atoms with van der Waals surface area (Å²) in [5.41, 5.74) is 4.60. The second kappa shape index (κ2) is 12.6. The molecule has 1 saturated heterocycles. The number of ether oxygens (including phenoxy) is 2. The summed E-state index contributed by atoms with van der Waals surface area (Å²) in [5, 5.41) is 0.731. The fraction of sp³-hybridized carbons (Fsp3) is 0.517. The molecule has 0 saturated carbocycles. The van der Waals surface area contributed by atoms with Gasteiger partial charge in [0.25, 0.3) is 5.19 Å². The average molecular weight is 536 g/mol. The normalized spacial score (nSPS) is 16.5. The number of piperidine rings is 1. The van der Waals surface area contributed by atoms with Gasteiger partial charge in [0.05, 0.1) is 16.8 Å². The molecule has 2 aliphatic heterocycles. The van der Waals surface area contributed by atoms with Gasteiger partial charge in [-0.05, 0) is 48.1 Å². The van der Waals surface area contributed by atoms with Crippen LogP contribution in [0, 0.1) is 0 Å². The number of anilines is 1. The van der Waals surface area contributed by atoms with Gasteiger partial charge in [-0.1, -0.05) is 50.2 Å². The van der Waals surface area contributed by atoms with Gasteiger partial charge in [-0.3, -0.25) is 0 Å². The molecule has 0 spiro atoms. The zero-order valence-corrected chi connectivity index (χ0v) is 23.2. The van der Waals surface area contributed by atoms with E-state index in [0.717, 1.165) is 79.4 Å². The molecule has 0 atom stereocenters. The summed E-state index contributed by atoms with van der Waals surface area (Å²) < 4.78 is 12.8. The van der Waals surface area contributed by atoms with E-state index in [0.29, 0.717) is 19.7 Å². The number of thiazole rings is 1. The molecule has 3 aromatic rings. The van der Waals surface area contributed by atoms with Crippen molar-refractivity contribution in [1.82, 2.24) is 19.9 Å². The molecule has 1 fully saturated rings. The third-order valence-electron chi connectivity index (χ3n) is 7.15. The standard InChI is InChI=1S/C29H37N5O3S/c1-3-5-17-36-29(35)34-13-9-22(10-14-34)23-7-8-25-26(18-23)38-28(32-25)37-24-11-15-33(16-12-24)27-30-19-21(6-4-2)20-31-27/h7-9,18-20,24H,3-6,10-17H2,1-2H3. The summed E-state index contributed by atoms with van der Waals surface area (Å²) in [5.74, 6) is 0.810. The lowest BCUT2D eigenvalue weighted by Crippen LogP contribution is -2.39. The number of hydrogen-bond acceptors (Lipinski definition) is 8. The van der Waals surface area contributed by atoms with Crippen molar-refractivity contribution in [3.8, 4) is 5.19 Å². The first-order chi connectivity index (χ1) is 18.6. The molecule has 4 heterocycles. The maximum atomic E-state index is 12.2. The topological polar surface area (TPSA) is 80.7 Å². The van der Waals surface area contributed by atoms with Crippen LogP contribution >= 0.6 is 11.3 Å². The van der Waals surface area contributed by atoms with Crippen LogP contribution in [0.3, 0.4) is 0 Å². The highest BCUT2D eigenvalue weighted by Crippen LogP contribution is 2.33. The highest BCUT2D eigenvalue weighted by atomic mass is 32.1. The van der Waals surface area contributed by atoms with Crippen LogP contribution < -0.4 is 9.64 Å². The monoisotopic (exact) mass is 535 g/mol. The SMILES string of the molecule is CCCCOC(=O)N1CC=C(c2ccc3nc(OC4CCN(c5ncc(CCC)cn5)CC4)sc3c2)CC1. The molecule has 1 amide bonds. The van der Waals surface area contributed by atoms with E-state index < -0.39 is 0 Å². The summed E-state index contributed by atoms with van der Waals surface area (Å²) in [6.07, 6.45) is 12.7. The number of unbranched alkanes of at least 4 members (excludes halogenated alkanes) is 1. The number of amides is 1. The number of aromatic nitrogens is 3. The quantitative estimate of drug-likeness (QED) is 0.306. The number of fused-ring (bicyclic) bond motifs is 1. The molecule has 1 aromatic carbocycles. The minimum Gasteiger partial charge on any atom is -0.467 e. The molecule has 202 valence electrons. The highest BCUT2D eigenvalue weighted by Gasteiger charge is 2.24. The second-order valence-corrected chi connectivity index (χ2v) is 11.0. The fourth-order valence-corrected chi connectivity index (χ4v) is 5.81. The highest BCUT2D eigenvalue weighted by molar-refractivity contribution is 7.20. The van der Waals surface area contributed by atoms with E-state index in [1.54, 1.807) is 16.2 Å². The lowest BCUT2D eigenvalue weighted by atomic mass is 9.99. The number of hydrogen-bond donors (Lipinski definition) is 0. The predicted octanol–water partition coefficient (Wildman–Crippen LogP) is 6.11. The molecule has 2 aliphatic rings. The summed E-state index contributed by atoms with van der Waals surface area (Å²) in [6.45, 7) is 7.78. The molecule has 8 nitrogen and oxygen atoms in total. The van der Waals surface area contributed by atoms with Crippen LogP contribution in [0.15, 0.2) is 36.7 Å². The van der Waals surface area contributed by atoms with Crippen molar-refractivity contribution in [2.24, 2.45) is 0 Å². The first-order valence-corrected chi connectivity index (χ1v) is 14.7. The zero-order chi connectivity index (χ0) is 26.3. The fourth-order valence-electron chi connectivity index (χ4n) is 4.89. The van der Waals surface area contributed by atoms with Crippen molar-refractivity contribution in [2.75, 3.05) is 37.7 Å². The molecule has 0 aliphatic carbocycles. The van der Waals surface area contributed by atoms with Crippen molar-refractivity contribution in [1.29, 1.82) is 0 Å². The van der Waals surface area contributed by atoms with Gasteiger partial charge >= 0.3 is 6.09 Å². The van der Waals surface area contributed by atoms with Crippen LogP contribution in [0.2, 0.25) is 0 Å². The van der Waals surface area contributed by atoms with Crippen LogP contribution in [0.5, 0.6) is 5.19 Å². The maximum absolute atomic E-state index is 12.2. The van der Waals surface area contributed by atoms with Crippen molar-refractivity contribution < 1.29 is 14.3 Å². The molecule has 0 N–H and O–H groups in total. The van der Waals surface area contributed by atoms with Crippen molar-refractivity contribution in [2.45, 2.75) is 64.9 Å². The van der Waals surface area contributed by atoms with Gasteiger partial charge in [0, 0.05) is 51.4 Å². The van der Waals surface area contributed by atoms with E-state index in [9.17, 15) is 4.79 Å². The van der Waals surface area contributed by atoms with E-state index in [1.807, 2.05) is 12.4 Å². The number of carbonyl (C=O) groups excluding carboxylic acids is 1. The summed E-state index contributed by atoms with van der Waals surface area (Å²) in [6, 6.07) is 6.39. The van der Waals surface area contributed by atoms with Crippen LogP contribution in [0.4, 0.5) is 10.7 Å². The van der Waals surface area contributed by atoms with Gasteiger partial charge in [0.15, 0.2) is 0 Å². The Morgan fingerprint density at radius 3 is 2.63 bits per heavy atom. The number of carbonyl (C=O) groups is 1. The molecule has 9 heteroatoms. The van der Waals surface area contributed by atoms with Gasteiger partial charge in [-0.15, -0.1) is 0 Å². The Bertz CT molecular complexity index is 1250. The lowest BCUT2D eigenvalue weighted by Gasteiger charge is -2.31. The minimum atomic E-state index is -0.211. The largest absolute Gasteiger partial charge is 0.467 e. The van der Waals surface area contributed by atoms with Crippen LogP contribution in [-0.2, 0) is 11.2 Å². The number of rotatable bonds is 9. The van der Waals surface area contributed by atoms with Crippen LogP contribution in [0.1, 0.15) is 63.5 Å².